The van der Waals surface area contributed by atoms with Gasteiger partial charge in [0.2, 0.25) is 5.91 Å². The Balaban J connectivity index is 2.31. The third kappa shape index (κ3) is 19.6. The Labute approximate surface area is 255 Å². The van der Waals surface area contributed by atoms with Crippen molar-refractivity contribution in [3.63, 3.8) is 0 Å². The van der Waals surface area contributed by atoms with Gasteiger partial charge in [-0.25, -0.2) is 4.79 Å². The highest BCUT2D eigenvalue weighted by Crippen LogP contribution is 2.02. The molecular formula is C34H47N3O6. The van der Waals surface area contributed by atoms with Crippen LogP contribution < -0.4 is 10.6 Å². The summed E-state index contributed by atoms with van der Waals surface area (Å²) in [5.41, 5.74) is 0.227. The molecule has 0 aromatic carbocycles. The molecule has 0 aliphatic heterocycles. The second-order valence-corrected chi connectivity index (χ2v) is 9.45. The zero-order valence-electron chi connectivity index (χ0n) is 25.1. The Kier molecular flexibility index (Phi) is 22.0. The molecule has 0 aliphatic carbocycles. The van der Waals surface area contributed by atoms with Crippen molar-refractivity contribution in [2.45, 2.75) is 70.4 Å². The van der Waals surface area contributed by atoms with Crippen LogP contribution in [0.1, 0.15) is 68.6 Å². The molecule has 9 nitrogen and oxygen atoms in total. The summed E-state index contributed by atoms with van der Waals surface area (Å²) in [5.74, 6) is -1.76. The molecule has 0 radical (unpaired) electrons. The van der Waals surface area contributed by atoms with E-state index in [1.54, 1.807) is 6.07 Å². The number of nitrogens with one attached hydrogen (secondary N) is 2. The molecule has 0 saturated heterocycles. The quantitative estimate of drug-likeness (QED) is 0.113. The first kappa shape index (κ1) is 36.9. The fourth-order valence-electron chi connectivity index (χ4n) is 3.47. The minimum absolute atomic E-state index is 0.205. The number of aliphatic hydroxyl groups excluding tert-OH is 2. The van der Waals surface area contributed by atoms with Gasteiger partial charge in [0.25, 0.3) is 5.91 Å². The summed E-state index contributed by atoms with van der Waals surface area (Å²) in [6.07, 6.45) is 33.4. The average Bonchev–Trinajstić information content (AvgIpc) is 3.03. The topological polar surface area (TPSA) is 138 Å². The first-order valence-electron chi connectivity index (χ1n) is 14.8. The number of aliphatic hydroxyl groups is 2. The van der Waals surface area contributed by atoms with E-state index in [9.17, 15) is 24.6 Å². The summed E-state index contributed by atoms with van der Waals surface area (Å²) in [5, 5.41) is 23.5. The normalized spacial score (nSPS) is 12.9. The maximum atomic E-state index is 12.5. The van der Waals surface area contributed by atoms with Gasteiger partial charge in [-0.05, 0) is 57.1 Å². The summed E-state index contributed by atoms with van der Waals surface area (Å²) in [6, 6.07) is 1.88. The van der Waals surface area contributed by atoms with E-state index in [4.69, 9.17) is 4.74 Å². The van der Waals surface area contributed by atoms with Crippen LogP contribution in [0.25, 0.3) is 0 Å². The molecule has 1 aromatic rings. The average molecular weight is 594 g/mol. The van der Waals surface area contributed by atoms with E-state index in [1.165, 1.54) is 18.5 Å². The molecule has 9 heteroatoms. The molecule has 0 spiro atoms. The van der Waals surface area contributed by atoms with Crippen molar-refractivity contribution < 1.29 is 29.3 Å². The molecule has 2 amide bonds. The zero-order chi connectivity index (χ0) is 31.4. The number of carbonyl (C=O) groups excluding carboxylic acids is 3. The van der Waals surface area contributed by atoms with Crippen molar-refractivity contribution in [1.82, 2.24) is 15.6 Å². The number of esters is 1. The minimum Gasteiger partial charge on any atom is -0.456 e. The summed E-state index contributed by atoms with van der Waals surface area (Å²) in [4.78, 5) is 41.2. The number of amides is 2. The smallest absolute Gasteiger partial charge is 0.330 e. The number of hydrogen-bond acceptors (Lipinski definition) is 7. The predicted molar refractivity (Wildman–Crippen MR) is 170 cm³/mol. The SMILES string of the molecule is CCC=CCC=CCC=CCC=CCC=CCC=CCCC(=O)NCC(NC(=O)c1cccnc1)C(=O)OC(CO)CO. The lowest BCUT2D eigenvalue weighted by atomic mass is 10.2. The van der Waals surface area contributed by atoms with Crippen molar-refractivity contribution in [2.75, 3.05) is 19.8 Å². The summed E-state index contributed by atoms with van der Waals surface area (Å²) in [7, 11) is 0. The molecule has 1 unspecified atom stereocenters. The van der Waals surface area contributed by atoms with Gasteiger partial charge in [-0.15, -0.1) is 0 Å². The summed E-state index contributed by atoms with van der Waals surface area (Å²) in [6.45, 7) is 0.763. The van der Waals surface area contributed by atoms with E-state index in [-0.39, 0.29) is 24.4 Å². The van der Waals surface area contributed by atoms with Gasteiger partial charge in [0, 0.05) is 25.4 Å². The monoisotopic (exact) mass is 593 g/mol. The maximum absolute atomic E-state index is 12.5. The number of rotatable bonds is 22. The van der Waals surface area contributed by atoms with Crippen LogP contribution >= 0.6 is 0 Å². The Morgan fingerprint density at radius 1 is 0.837 bits per heavy atom. The number of hydrogen-bond donors (Lipinski definition) is 4. The molecule has 234 valence electrons. The van der Waals surface area contributed by atoms with Crippen LogP contribution in [0, 0.1) is 0 Å². The van der Waals surface area contributed by atoms with Crippen LogP contribution in [-0.2, 0) is 14.3 Å². The molecule has 1 aromatic heterocycles. The molecule has 1 rings (SSSR count). The Morgan fingerprint density at radius 3 is 1.86 bits per heavy atom. The van der Waals surface area contributed by atoms with E-state index < -0.39 is 37.2 Å². The van der Waals surface area contributed by atoms with E-state index in [1.807, 2.05) is 12.2 Å². The van der Waals surface area contributed by atoms with Crippen molar-refractivity contribution in [2.24, 2.45) is 0 Å². The molecule has 1 heterocycles. The molecule has 0 fully saturated rings. The highest BCUT2D eigenvalue weighted by atomic mass is 16.6. The van der Waals surface area contributed by atoms with E-state index in [0.29, 0.717) is 6.42 Å². The lowest BCUT2D eigenvalue weighted by molar-refractivity contribution is -0.155. The second-order valence-electron chi connectivity index (χ2n) is 9.45. The van der Waals surface area contributed by atoms with Gasteiger partial charge in [-0.1, -0.05) is 79.8 Å². The van der Waals surface area contributed by atoms with E-state index in [0.717, 1.165) is 38.5 Å². The fourth-order valence-corrected chi connectivity index (χ4v) is 3.47. The third-order valence-corrected chi connectivity index (χ3v) is 5.84. The van der Waals surface area contributed by atoms with Gasteiger partial charge in [-0.3, -0.25) is 14.6 Å². The highest BCUT2D eigenvalue weighted by molar-refractivity contribution is 5.96. The Morgan fingerprint density at radius 2 is 1.37 bits per heavy atom. The number of pyridine rings is 1. The molecule has 0 bridgehead atoms. The molecule has 0 aliphatic rings. The van der Waals surface area contributed by atoms with Crippen molar-refractivity contribution in [3.8, 4) is 0 Å². The standard InChI is InChI=1S/C34H47N3O6/c1-2-3-4-5-6-7-8-9-10-11-12-13-14-15-16-17-18-19-20-23-32(40)36-26-31(34(42)43-30(27-38)28-39)37-33(41)29-22-21-24-35-25-29/h3-4,6-7,9-10,12-13,15-16,18-19,21-22,24-25,30-31,38-39H,2,5,8,11,14,17,20,23,26-28H2,1H3,(H,36,40)(H,37,41). The Hall–Kier alpha value is -4.08. The Bertz CT molecular complexity index is 1090. The largest absolute Gasteiger partial charge is 0.456 e. The van der Waals surface area contributed by atoms with Gasteiger partial charge in [0.1, 0.15) is 12.1 Å². The van der Waals surface area contributed by atoms with Gasteiger partial charge < -0.3 is 25.6 Å². The van der Waals surface area contributed by atoms with Gasteiger partial charge in [0.05, 0.1) is 18.8 Å². The number of nitrogens with zero attached hydrogens (tertiary/aromatic N) is 1. The van der Waals surface area contributed by atoms with E-state index >= 15 is 0 Å². The van der Waals surface area contributed by atoms with Gasteiger partial charge >= 0.3 is 5.97 Å². The first-order chi connectivity index (χ1) is 21.0. The molecule has 0 saturated carbocycles. The van der Waals surface area contributed by atoms with Crippen molar-refractivity contribution in [3.05, 3.63) is 103 Å². The van der Waals surface area contributed by atoms with Crippen molar-refractivity contribution in [1.29, 1.82) is 0 Å². The third-order valence-electron chi connectivity index (χ3n) is 5.84. The molecular weight excluding hydrogens is 546 g/mol. The number of aromatic nitrogens is 1. The first-order valence-corrected chi connectivity index (χ1v) is 14.8. The second kappa shape index (κ2) is 25.6. The van der Waals surface area contributed by atoms with Crippen LogP contribution in [0.5, 0.6) is 0 Å². The van der Waals surface area contributed by atoms with Crippen LogP contribution in [0.2, 0.25) is 0 Å². The molecule has 43 heavy (non-hydrogen) atoms. The highest BCUT2D eigenvalue weighted by Gasteiger charge is 2.26. The lowest BCUT2D eigenvalue weighted by Crippen LogP contribution is -2.50. The zero-order valence-corrected chi connectivity index (χ0v) is 25.1. The van der Waals surface area contributed by atoms with Gasteiger partial charge in [-0.2, -0.15) is 0 Å². The van der Waals surface area contributed by atoms with Crippen LogP contribution in [0.3, 0.4) is 0 Å². The number of carbonyl (C=O) groups is 3. The minimum atomic E-state index is -1.22. The van der Waals surface area contributed by atoms with Crippen LogP contribution in [0.4, 0.5) is 0 Å². The van der Waals surface area contributed by atoms with Gasteiger partial charge in [0.15, 0.2) is 0 Å². The number of ether oxygens (including phenoxy) is 1. The summed E-state index contributed by atoms with van der Waals surface area (Å²) >= 11 is 0. The predicted octanol–water partition coefficient (Wildman–Crippen LogP) is 4.67. The molecule has 4 N–H and O–H groups in total. The van der Waals surface area contributed by atoms with Crippen LogP contribution in [0.15, 0.2) is 97.4 Å². The lowest BCUT2D eigenvalue weighted by Gasteiger charge is -2.21. The fraction of sp³-hybridized carbons (Fsp3) is 0.412. The summed E-state index contributed by atoms with van der Waals surface area (Å²) < 4.78 is 5.03. The van der Waals surface area contributed by atoms with Crippen molar-refractivity contribution >= 4 is 17.8 Å². The van der Waals surface area contributed by atoms with E-state index in [2.05, 4.69) is 83.3 Å². The number of allylic oxidation sites excluding steroid dienone is 12. The molecule has 1 atom stereocenters. The maximum Gasteiger partial charge on any atom is 0.330 e. The van der Waals surface area contributed by atoms with Crippen LogP contribution in [-0.4, -0.2) is 64.9 Å².